The van der Waals surface area contributed by atoms with Gasteiger partial charge in [-0.05, 0) is 40.5 Å². The molecule has 0 bridgehead atoms. The van der Waals surface area contributed by atoms with Crippen LogP contribution in [0, 0.1) is 0 Å². The van der Waals surface area contributed by atoms with Crippen molar-refractivity contribution in [1.29, 1.82) is 0 Å². The molecule has 0 aliphatic heterocycles. The van der Waals surface area contributed by atoms with Crippen LogP contribution in [0.4, 0.5) is 0 Å². The normalized spacial score (nSPS) is 14.8. The van der Waals surface area contributed by atoms with Crippen LogP contribution < -0.4 is 0 Å². The molecule has 0 spiro atoms. The Bertz CT molecular complexity index is 194. The van der Waals surface area contributed by atoms with E-state index in [1.165, 1.54) is 0 Å². The SMILES string of the molecule is CC(C)OCCCC(OC(C)C)N(S)[PH2]=S. The summed E-state index contributed by atoms with van der Waals surface area (Å²) in [7, 11) is -0.227. The molecule has 0 fully saturated rings. The van der Waals surface area contributed by atoms with Gasteiger partial charge in [0, 0.05) is 14.1 Å². The van der Waals surface area contributed by atoms with Crippen LogP contribution in [0.5, 0.6) is 0 Å². The standard InChI is InChI=1S/C10H24NO2PS2/c1-8(2)12-7-5-6-10(11(15)14-16)13-9(3)4/h8-10,15H,5-7,14H2,1-4H3. The lowest BCUT2D eigenvalue weighted by atomic mass is 10.3. The van der Waals surface area contributed by atoms with Crippen molar-refractivity contribution in [3.05, 3.63) is 0 Å². The maximum atomic E-state index is 5.76. The molecule has 0 aromatic carbocycles. The maximum Gasteiger partial charge on any atom is 0.123 e. The average Bonchev–Trinajstić information content (AvgIpc) is 2.20. The highest BCUT2D eigenvalue weighted by molar-refractivity contribution is 8.00. The predicted octanol–water partition coefficient (Wildman–Crippen LogP) is 2.88. The minimum absolute atomic E-state index is 0.0200. The third-order valence-corrected chi connectivity index (χ3v) is 4.18. The Labute approximate surface area is 111 Å². The fourth-order valence-electron chi connectivity index (χ4n) is 1.22. The molecule has 0 aromatic heterocycles. The highest BCUT2D eigenvalue weighted by atomic mass is 32.4. The van der Waals surface area contributed by atoms with Gasteiger partial charge in [-0.2, -0.15) is 0 Å². The summed E-state index contributed by atoms with van der Waals surface area (Å²) in [5.41, 5.74) is 0. The first kappa shape index (κ1) is 16.9. The van der Waals surface area contributed by atoms with E-state index in [2.05, 4.69) is 12.8 Å². The van der Waals surface area contributed by atoms with E-state index in [1.807, 2.05) is 31.8 Å². The van der Waals surface area contributed by atoms with Crippen LogP contribution in [0.1, 0.15) is 40.5 Å². The van der Waals surface area contributed by atoms with Crippen LogP contribution >= 0.6 is 20.3 Å². The third kappa shape index (κ3) is 8.97. The minimum Gasteiger partial charge on any atom is -0.379 e. The van der Waals surface area contributed by atoms with Crippen LogP contribution in [0.15, 0.2) is 0 Å². The van der Waals surface area contributed by atoms with Gasteiger partial charge in [0.05, 0.1) is 12.2 Å². The Balaban J connectivity index is 3.87. The molecule has 98 valence electrons. The predicted molar refractivity (Wildman–Crippen MR) is 78.2 cm³/mol. The van der Waals surface area contributed by atoms with E-state index in [9.17, 15) is 0 Å². The van der Waals surface area contributed by atoms with Crippen molar-refractivity contribution in [2.45, 2.75) is 59.0 Å². The fourth-order valence-corrected chi connectivity index (χ4v) is 2.15. The van der Waals surface area contributed by atoms with Crippen molar-refractivity contribution in [3.8, 4) is 0 Å². The summed E-state index contributed by atoms with van der Waals surface area (Å²) in [5.74, 6) is 0. The molecule has 2 atom stereocenters. The van der Waals surface area contributed by atoms with Gasteiger partial charge in [0.2, 0.25) is 0 Å². The summed E-state index contributed by atoms with van der Waals surface area (Å²) in [6, 6.07) is 0. The van der Waals surface area contributed by atoms with E-state index in [4.69, 9.17) is 21.3 Å². The molecular weight excluding hydrogens is 261 g/mol. The summed E-state index contributed by atoms with van der Waals surface area (Å²) in [5, 5.41) is 0. The molecule has 0 saturated heterocycles. The zero-order valence-electron chi connectivity index (χ0n) is 10.5. The number of hydrogen-bond donors (Lipinski definition) is 1. The van der Waals surface area contributed by atoms with Crippen molar-refractivity contribution >= 4 is 32.1 Å². The molecule has 6 heteroatoms. The maximum absolute atomic E-state index is 5.76. The van der Waals surface area contributed by atoms with Gasteiger partial charge in [0.1, 0.15) is 6.23 Å². The molecule has 0 amide bonds. The van der Waals surface area contributed by atoms with E-state index < -0.39 is 0 Å². The van der Waals surface area contributed by atoms with Crippen LogP contribution in [-0.4, -0.2) is 29.1 Å². The zero-order valence-corrected chi connectivity index (χ0v) is 13.4. The lowest BCUT2D eigenvalue weighted by Crippen LogP contribution is -2.27. The first-order chi connectivity index (χ1) is 7.47. The number of ether oxygens (including phenoxy) is 2. The molecule has 3 nitrogen and oxygen atoms in total. The number of nitrogens with zero attached hydrogens (tertiary/aromatic N) is 1. The first-order valence-electron chi connectivity index (χ1n) is 5.67. The molecule has 0 radical (unpaired) electrons. The highest BCUT2D eigenvalue weighted by Crippen LogP contribution is 2.20. The van der Waals surface area contributed by atoms with Crippen molar-refractivity contribution in [1.82, 2.24) is 4.08 Å². The van der Waals surface area contributed by atoms with E-state index in [1.54, 1.807) is 0 Å². The second kappa shape index (κ2) is 9.86. The monoisotopic (exact) mass is 285 g/mol. The van der Waals surface area contributed by atoms with Gasteiger partial charge in [0.15, 0.2) is 0 Å². The van der Waals surface area contributed by atoms with Gasteiger partial charge in [-0.1, -0.05) is 24.6 Å². The number of thiol groups is 1. The second-order valence-electron chi connectivity index (χ2n) is 4.19. The smallest absolute Gasteiger partial charge is 0.123 e. The number of rotatable bonds is 9. The fraction of sp³-hybridized carbons (Fsp3) is 1.00. The lowest BCUT2D eigenvalue weighted by molar-refractivity contribution is -0.0344. The van der Waals surface area contributed by atoms with E-state index >= 15 is 0 Å². The topological polar surface area (TPSA) is 21.7 Å². The lowest BCUT2D eigenvalue weighted by Gasteiger charge is -2.25. The number of hydrogen-bond acceptors (Lipinski definition) is 4. The molecule has 0 rings (SSSR count). The molecule has 0 aliphatic carbocycles. The molecule has 16 heavy (non-hydrogen) atoms. The Hall–Kier alpha value is 0.880. The van der Waals surface area contributed by atoms with Crippen molar-refractivity contribution < 1.29 is 9.47 Å². The average molecular weight is 285 g/mol. The summed E-state index contributed by atoms with van der Waals surface area (Å²) in [6.45, 7) is 8.90. The van der Waals surface area contributed by atoms with E-state index in [-0.39, 0.29) is 19.8 Å². The Kier molecular flexibility index (Phi) is 10.4. The van der Waals surface area contributed by atoms with E-state index in [0.717, 1.165) is 19.4 Å². The van der Waals surface area contributed by atoms with Crippen molar-refractivity contribution in [3.63, 3.8) is 0 Å². The van der Waals surface area contributed by atoms with Crippen LogP contribution in [-0.2, 0) is 21.3 Å². The summed E-state index contributed by atoms with van der Waals surface area (Å²) >= 11 is 9.39. The Morgan fingerprint density at radius 1 is 1.25 bits per heavy atom. The summed E-state index contributed by atoms with van der Waals surface area (Å²) in [6.07, 6.45) is 2.40. The minimum atomic E-state index is -0.227. The van der Waals surface area contributed by atoms with E-state index in [0.29, 0.717) is 6.10 Å². The molecule has 0 saturated carbocycles. The highest BCUT2D eigenvalue weighted by Gasteiger charge is 2.15. The molecule has 0 N–H and O–H groups in total. The van der Waals surface area contributed by atoms with Crippen molar-refractivity contribution in [2.24, 2.45) is 0 Å². The zero-order chi connectivity index (χ0) is 12.6. The largest absolute Gasteiger partial charge is 0.379 e. The molecule has 0 heterocycles. The van der Waals surface area contributed by atoms with Gasteiger partial charge in [0.25, 0.3) is 0 Å². The van der Waals surface area contributed by atoms with Crippen molar-refractivity contribution in [2.75, 3.05) is 6.61 Å². The third-order valence-electron chi connectivity index (χ3n) is 1.88. The van der Waals surface area contributed by atoms with Crippen LogP contribution in [0.3, 0.4) is 0 Å². The van der Waals surface area contributed by atoms with Gasteiger partial charge in [-0.15, -0.1) is 0 Å². The van der Waals surface area contributed by atoms with Gasteiger partial charge in [-0.3, -0.25) is 0 Å². The summed E-state index contributed by atoms with van der Waals surface area (Å²) in [4.78, 5) is 0. The molecule has 0 aliphatic rings. The molecule has 0 aromatic rings. The molecular formula is C10H24NO2PS2. The quantitative estimate of drug-likeness (QED) is 0.304. The van der Waals surface area contributed by atoms with Gasteiger partial charge < -0.3 is 9.47 Å². The second-order valence-corrected chi connectivity index (χ2v) is 6.48. The van der Waals surface area contributed by atoms with Gasteiger partial charge >= 0.3 is 0 Å². The van der Waals surface area contributed by atoms with Crippen LogP contribution in [0.25, 0.3) is 0 Å². The first-order valence-corrected chi connectivity index (χ1v) is 8.47. The molecule has 2 unspecified atom stereocenters. The summed E-state index contributed by atoms with van der Waals surface area (Å²) < 4.78 is 13.1. The van der Waals surface area contributed by atoms with Gasteiger partial charge in [-0.25, -0.2) is 4.08 Å². The van der Waals surface area contributed by atoms with Crippen LogP contribution in [0.2, 0.25) is 0 Å². The Morgan fingerprint density at radius 3 is 2.31 bits per heavy atom. The Morgan fingerprint density at radius 2 is 1.88 bits per heavy atom.